The topological polar surface area (TPSA) is 9.23 Å². The van der Waals surface area contributed by atoms with Gasteiger partial charge in [-0.2, -0.15) is 0 Å². The molecule has 0 spiro atoms. The Bertz CT molecular complexity index is 320. The number of benzene rings is 1. The van der Waals surface area contributed by atoms with Crippen LogP contribution >= 0.6 is 0 Å². The van der Waals surface area contributed by atoms with Crippen LogP contribution in [0.5, 0.6) is 0 Å². The summed E-state index contributed by atoms with van der Waals surface area (Å²) in [6.45, 7) is 0.750. The minimum Gasteiger partial charge on any atom is -0.419 e. The first-order valence-electron chi connectivity index (χ1n) is 4.47. The summed E-state index contributed by atoms with van der Waals surface area (Å²) in [5.74, 6) is 0.535. The first-order valence-corrected chi connectivity index (χ1v) is 4.88. The average Bonchev–Trinajstić information content (AvgIpc) is 2.58. The highest BCUT2D eigenvalue weighted by Crippen LogP contribution is 2.31. The zero-order valence-electron chi connectivity index (χ0n) is 7.36. The molecule has 0 fully saturated rings. The Labute approximate surface area is 82.0 Å². The van der Waals surface area contributed by atoms with Gasteiger partial charge in [0.05, 0.1) is 0 Å². The van der Waals surface area contributed by atoms with Gasteiger partial charge in [-0.15, -0.1) is 0 Å². The summed E-state index contributed by atoms with van der Waals surface area (Å²) < 4.78 is 4.89. The highest BCUT2D eigenvalue weighted by molar-refractivity contribution is 5.97. The molecule has 65 valence electrons. The molecule has 2 rings (SSSR count). The molecule has 0 aliphatic heterocycles. The smallest absolute Gasteiger partial charge is 0.246 e. The van der Waals surface area contributed by atoms with Crippen molar-refractivity contribution in [2.45, 2.75) is 12.3 Å². The van der Waals surface area contributed by atoms with Crippen molar-refractivity contribution < 1.29 is 4.43 Å². The zero-order valence-corrected chi connectivity index (χ0v) is 8.36. The average molecular weight is 187 g/mol. The van der Waals surface area contributed by atoms with Crippen molar-refractivity contribution >= 4 is 16.6 Å². The molecule has 1 aromatic rings. The minimum absolute atomic E-state index is 0.535. The third kappa shape index (κ3) is 1.74. The van der Waals surface area contributed by atoms with Gasteiger partial charge >= 0.3 is 0 Å². The van der Waals surface area contributed by atoms with Crippen molar-refractivity contribution in [2.75, 3.05) is 6.61 Å². The lowest BCUT2D eigenvalue weighted by atomic mass is 9.98. The van der Waals surface area contributed by atoms with Crippen LogP contribution in [0.3, 0.4) is 0 Å². The molecule has 0 aromatic heterocycles. The molecule has 0 bridgehead atoms. The lowest BCUT2D eigenvalue weighted by molar-refractivity contribution is 0.334. The molecule has 2 heteroatoms. The van der Waals surface area contributed by atoms with Crippen molar-refractivity contribution in [1.82, 2.24) is 0 Å². The quantitative estimate of drug-likeness (QED) is 0.660. The van der Waals surface area contributed by atoms with Crippen molar-refractivity contribution in [3.63, 3.8) is 0 Å². The van der Waals surface area contributed by atoms with Gasteiger partial charge in [-0.25, -0.2) is 0 Å². The third-order valence-corrected chi connectivity index (χ3v) is 2.64. The molecular formula is C11H11OSi. The zero-order chi connectivity index (χ0) is 9.10. The Morgan fingerprint density at radius 3 is 3.00 bits per heavy atom. The molecule has 0 saturated carbocycles. The molecule has 1 nitrogen and oxygen atoms in total. The fraction of sp³-hybridized carbons (Fsp3) is 0.273. The van der Waals surface area contributed by atoms with Crippen LogP contribution in [0.25, 0.3) is 6.08 Å². The van der Waals surface area contributed by atoms with Crippen LogP contribution < -0.4 is 0 Å². The van der Waals surface area contributed by atoms with Gasteiger partial charge in [0, 0.05) is 12.5 Å². The molecule has 1 aliphatic rings. The van der Waals surface area contributed by atoms with E-state index in [0.29, 0.717) is 5.92 Å². The Hall–Kier alpha value is -0.863. The van der Waals surface area contributed by atoms with Gasteiger partial charge in [-0.3, -0.25) is 0 Å². The molecule has 13 heavy (non-hydrogen) atoms. The van der Waals surface area contributed by atoms with Crippen LogP contribution in [0.1, 0.15) is 23.5 Å². The van der Waals surface area contributed by atoms with E-state index in [2.05, 4.69) is 46.9 Å². The summed E-state index contributed by atoms with van der Waals surface area (Å²) in [5, 5.41) is 0. The van der Waals surface area contributed by atoms with E-state index >= 15 is 0 Å². The number of hydrogen-bond acceptors (Lipinski definition) is 1. The summed E-state index contributed by atoms with van der Waals surface area (Å²) in [6.07, 6.45) is 5.47. The number of rotatable bonds is 3. The second-order valence-electron chi connectivity index (χ2n) is 3.23. The van der Waals surface area contributed by atoms with E-state index in [9.17, 15) is 0 Å². The molecule has 0 amide bonds. The molecule has 0 N–H and O–H groups in total. The largest absolute Gasteiger partial charge is 0.419 e. The van der Waals surface area contributed by atoms with Crippen LogP contribution in [-0.4, -0.2) is 17.1 Å². The van der Waals surface area contributed by atoms with E-state index in [1.807, 2.05) is 0 Å². The standard InChI is InChI=1S/C11H11OSi/c13-12-8-7-10-6-5-9-3-1-2-4-11(9)10/h1-6,10H,7-8H2. The monoisotopic (exact) mass is 187 g/mol. The van der Waals surface area contributed by atoms with Crippen molar-refractivity contribution in [3.8, 4) is 0 Å². The van der Waals surface area contributed by atoms with E-state index in [1.54, 1.807) is 0 Å². The maximum absolute atomic E-state index is 4.89. The SMILES string of the molecule is [Si]OCCC1C=Cc2ccccc21. The van der Waals surface area contributed by atoms with Crippen molar-refractivity contribution in [2.24, 2.45) is 0 Å². The second-order valence-corrected chi connectivity index (χ2v) is 3.52. The molecule has 1 unspecified atom stereocenters. The fourth-order valence-electron chi connectivity index (χ4n) is 1.76. The van der Waals surface area contributed by atoms with Gasteiger partial charge in [0.1, 0.15) is 0 Å². The van der Waals surface area contributed by atoms with Crippen LogP contribution in [0.4, 0.5) is 0 Å². The minimum atomic E-state index is 0.535. The molecule has 1 aliphatic carbocycles. The normalized spacial score (nSPS) is 19.0. The maximum atomic E-state index is 4.89. The van der Waals surface area contributed by atoms with E-state index in [1.165, 1.54) is 11.1 Å². The van der Waals surface area contributed by atoms with Crippen LogP contribution in [0.2, 0.25) is 0 Å². The Kier molecular flexibility index (Phi) is 2.61. The second kappa shape index (κ2) is 3.90. The summed E-state index contributed by atoms with van der Waals surface area (Å²) in [7, 11) is 3.02. The Morgan fingerprint density at radius 1 is 1.31 bits per heavy atom. The van der Waals surface area contributed by atoms with Crippen molar-refractivity contribution in [1.29, 1.82) is 0 Å². The van der Waals surface area contributed by atoms with Crippen molar-refractivity contribution in [3.05, 3.63) is 41.5 Å². The number of hydrogen-bond donors (Lipinski definition) is 0. The van der Waals surface area contributed by atoms with Crippen LogP contribution in [-0.2, 0) is 4.43 Å². The summed E-state index contributed by atoms with van der Waals surface area (Å²) >= 11 is 0. The van der Waals surface area contributed by atoms with E-state index in [-0.39, 0.29) is 0 Å². The highest BCUT2D eigenvalue weighted by Gasteiger charge is 2.15. The fourth-order valence-corrected chi connectivity index (χ4v) is 1.88. The number of allylic oxidation sites excluding steroid dienone is 1. The van der Waals surface area contributed by atoms with Gasteiger partial charge in [0.15, 0.2) is 0 Å². The van der Waals surface area contributed by atoms with Gasteiger partial charge in [0.2, 0.25) is 10.5 Å². The van der Waals surface area contributed by atoms with Crippen LogP contribution in [0.15, 0.2) is 30.3 Å². The maximum Gasteiger partial charge on any atom is 0.246 e. The molecular weight excluding hydrogens is 176 g/mol. The molecule has 1 aromatic carbocycles. The van der Waals surface area contributed by atoms with Gasteiger partial charge in [-0.05, 0) is 17.5 Å². The van der Waals surface area contributed by atoms with Crippen LogP contribution in [0, 0.1) is 0 Å². The Balaban J connectivity index is 2.14. The summed E-state index contributed by atoms with van der Waals surface area (Å²) in [5.41, 5.74) is 2.77. The molecule has 0 saturated heterocycles. The van der Waals surface area contributed by atoms with E-state index < -0.39 is 0 Å². The lowest BCUT2D eigenvalue weighted by Gasteiger charge is -2.09. The Morgan fingerprint density at radius 2 is 2.15 bits per heavy atom. The van der Waals surface area contributed by atoms with Gasteiger partial charge < -0.3 is 4.43 Å². The van der Waals surface area contributed by atoms with E-state index in [0.717, 1.165) is 13.0 Å². The predicted molar refractivity (Wildman–Crippen MR) is 54.5 cm³/mol. The molecule has 1 atom stereocenters. The summed E-state index contributed by atoms with van der Waals surface area (Å²) in [6, 6.07) is 8.51. The van der Waals surface area contributed by atoms with E-state index in [4.69, 9.17) is 4.43 Å². The predicted octanol–water partition coefficient (Wildman–Crippen LogP) is 2.29. The van der Waals surface area contributed by atoms with Gasteiger partial charge in [-0.1, -0.05) is 36.4 Å². The third-order valence-electron chi connectivity index (χ3n) is 2.43. The molecule has 3 radical (unpaired) electrons. The van der Waals surface area contributed by atoms with Gasteiger partial charge in [0.25, 0.3) is 0 Å². The molecule has 0 heterocycles. The number of fused-ring (bicyclic) bond motifs is 1. The first-order chi connectivity index (χ1) is 6.42. The summed E-state index contributed by atoms with van der Waals surface area (Å²) in [4.78, 5) is 0. The first kappa shape index (κ1) is 8.72. The highest BCUT2D eigenvalue weighted by atomic mass is 28.2. The lowest BCUT2D eigenvalue weighted by Crippen LogP contribution is -1.98.